The van der Waals surface area contributed by atoms with E-state index in [0.717, 1.165) is 8.95 Å². The topological polar surface area (TPSA) is 66.8 Å². The Kier molecular flexibility index (Phi) is 5.17. The molecular weight excluding hydrogens is 394 g/mol. The highest BCUT2D eigenvalue weighted by Crippen LogP contribution is 2.23. The molecule has 7 heteroatoms. The molecule has 0 saturated carbocycles. The van der Waals surface area contributed by atoms with Gasteiger partial charge in [0.1, 0.15) is 0 Å². The van der Waals surface area contributed by atoms with Crippen LogP contribution in [0.25, 0.3) is 0 Å². The molecule has 1 aromatic carbocycles. The maximum atomic E-state index is 12.5. The molecule has 0 bridgehead atoms. The summed E-state index contributed by atoms with van der Waals surface area (Å²) >= 11 is 6.68. The molecule has 108 valence electrons. The Morgan fingerprint density at radius 2 is 1.95 bits per heavy atom. The van der Waals surface area contributed by atoms with E-state index in [1.54, 1.807) is 17.0 Å². The monoisotopic (exact) mass is 405 g/mol. The van der Waals surface area contributed by atoms with Gasteiger partial charge in [-0.3, -0.25) is 9.59 Å². The molecule has 1 aromatic rings. The van der Waals surface area contributed by atoms with E-state index < -0.39 is 12.0 Å². The molecule has 0 aromatic heterocycles. The molecular formula is C13H13Br2NO4. The minimum atomic E-state index is -0.936. The first-order chi connectivity index (χ1) is 9.47. The van der Waals surface area contributed by atoms with Crippen LogP contribution in [-0.4, -0.2) is 47.7 Å². The lowest BCUT2D eigenvalue weighted by Crippen LogP contribution is -2.49. The second-order valence-corrected chi connectivity index (χ2v) is 6.31. The summed E-state index contributed by atoms with van der Waals surface area (Å²) in [4.78, 5) is 25.0. The molecule has 1 saturated heterocycles. The Morgan fingerprint density at radius 1 is 1.30 bits per heavy atom. The summed E-state index contributed by atoms with van der Waals surface area (Å²) in [5.74, 6) is -1.12. The summed E-state index contributed by atoms with van der Waals surface area (Å²) in [6.07, 6.45) is -0.110. The van der Waals surface area contributed by atoms with Crippen LogP contribution in [0.1, 0.15) is 16.8 Å². The first-order valence-corrected chi connectivity index (χ1v) is 7.62. The number of ether oxygens (including phenoxy) is 1. The molecule has 5 nitrogen and oxygen atoms in total. The predicted molar refractivity (Wildman–Crippen MR) is 79.7 cm³/mol. The maximum Gasteiger partial charge on any atom is 0.305 e. The molecule has 1 amide bonds. The molecule has 1 unspecified atom stereocenters. The molecule has 20 heavy (non-hydrogen) atoms. The van der Waals surface area contributed by atoms with Gasteiger partial charge >= 0.3 is 5.97 Å². The first kappa shape index (κ1) is 15.5. The van der Waals surface area contributed by atoms with Crippen molar-refractivity contribution in [1.82, 2.24) is 4.90 Å². The maximum absolute atomic E-state index is 12.5. The van der Waals surface area contributed by atoms with E-state index in [4.69, 9.17) is 9.84 Å². The second kappa shape index (κ2) is 6.69. The Hall–Kier alpha value is -0.920. The molecule has 1 N–H and O–H groups in total. The van der Waals surface area contributed by atoms with Crippen LogP contribution in [0.15, 0.2) is 27.1 Å². The van der Waals surface area contributed by atoms with Crippen molar-refractivity contribution < 1.29 is 19.4 Å². The largest absolute Gasteiger partial charge is 0.481 e. The Balaban J connectivity index is 2.22. The van der Waals surface area contributed by atoms with Gasteiger partial charge in [0.15, 0.2) is 0 Å². The number of carboxylic acid groups (broad SMARTS) is 1. The average molecular weight is 407 g/mol. The molecule has 0 spiro atoms. The van der Waals surface area contributed by atoms with Gasteiger partial charge < -0.3 is 14.7 Å². The quantitative estimate of drug-likeness (QED) is 0.837. The normalized spacial score (nSPS) is 18.9. The van der Waals surface area contributed by atoms with Gasteiger partial charge in [-0.1, -0.05) is 31.9 Å². The Morgan fingerprint density at radius 3 is 2.55 bits per heavy atom. The van der Waals surface area contributed by atoms with E-state index >= 15 is 0 Å². The van der Waals surface area contributed by atoms with Gasteiger partial charge in [-0.2, -0.15) is 0 Å². The second-order valence-electron chi connectivity index (χ2n) is 4.48. The van der Waals surface area contributed by atoms with Crippen molar-refractivity contribution in [3.8, 4) is 0 Å². The van der Waals surface area contributed by atoms with Gasteiger partial charge in [0, 0.05) is 21.1 Å². The molecule has 1 fully saturated rings. The van der Waals surface area contributed by atoms with Crippen LogP contribution < -0.4 is 0 Å². The number of carbonyl (C=O) groups is 2. The van der Waals surface area contributed by atoms with Crippen molar-refractivity contribution >= 4 is 43.7 Å². The minimum Gasteiger partial charge on any atom is -0.481 e. The van der Waals surface area contributed by atoms with E-state index in [-0.39, 0.29) is 18.9 Å². The minimum absolute atomic E-state index is 0.110. The van der Waals surface area contributed by atoms with E-state index in [9.17, 15) is 9.59 Å². The number of benzene rings is 1. The Bertz CT molecular complexity index is 515. The van der Waals surface area contributed by atoms with Gasteiger partial charge in [0.25, 0.3) is 5.91 Å². The third-order valence-electron chi connectivity index (χ3n) is 3.01. The lowest BCUT2D eigenvalue weighted by atomic mass is 10.1. The first-order valence-electron chi connectivity index (χ1n) is 6.04. The third-order valence-corrected chi connectivity index (χ3v) is 3.92. The van der Waals surface area contributed by atoms with Gasteiger partial charge in [-0.25, -0.2) is 0 Å². The van der Waals surface area contributed by atoms with Gasteiger partial charge in [0.05, 0.1) is 25.7 Å². The molecule has 0 aliphatic carbocycles. The van der Waals surface area contributed by atoms with Crippen LogP contribution >= 0.6 is 31.9 Å². The number of carbonyl (C=O) groups excluding carboxylic acids is 1. The summed E-state index contributed by atoms with van der Waals surface area (Å²) in [5.41, 5.74) is 0.517. The number of morpholine rings is 1. The SMILES string of the molecule is O=C(O)CC1COCCN1C(=O)c1cc(Br)cc(Br)c1. The molecule has 1 aliphatic rings. The number of carboxylic acids is 1. The third kappa shape index (κ3) is 3.80. The highest BCUT2D eigenvalue weighted by Gasteiger charge is 2.29. The summed E-state index contributed by atoms with van der Waals surface area (Å²) in [5, 5.41) is 8.92. The van der Waals surface area contributed by atoms with E-state index in [2.05, 4.69) is 31.9 Å². The smallest absolute Gasteiger partial charge is 0.305 e. The summed E-state index contributed by atoms with van der Waals surface area (Å²) in [6.45, 7) is 1.09. The Labute approximate surface area is 133 Å². The molecule has 1 atom stereocenters. The van der Waals surface area contributed by atoms with Crippen molar-refractivity contribution in [2.75, 3.05) is 19.8 Å². The van der Waals surface area contributed by atoms with E-state index in [1.807, 2.05) is 6.07 Å². The zero-order chi connectivity index (χ0) is 14.7. The van der Waals surface area contributed by atoms with Crippen LogP contribution in [-0.2, 0) is 9.53 Å². The molecule has 2 rings (SSSR count). The van der Waals surface area contributed by atoms with Gasteiger partial charge in [-0.15, -0.1) is 0 Å². The van der Waals surface area contributed by atoms with E-state index in [0.29, 0.717) is 18.7 Å². The van der Waals surface area contributed by atoms with Crippen LogP contribution in [0.2, 0.25) is 0 Å². The van der Waals surface area contributed by atoms with Crippen LogP contribution in [0.5, 0.6) is 0 Å². The zero-order valence-electron chi connectivity index (χ0n) is 10.5. The molecule has 1 heterocycles. The molecule has 1 aliphatic heterocycles. The standard InChI is InChI=1S/C13H13Br2NO4/c14-9-3-8(4-10(15)5-9)13(19)16-1-2-20-7-11(16)6-12(17)18/h3-5,11H,1-2,6-7H2,(H,17,18). The molecule has 0 radical (unpaired) electrons. The highest BCUT2D eigenvalue weighted by molar-refractivity contribution is 9.11. The van der Waals surface area contributed by atoms with Crippen LogP contribution in [0, 0.1) is 0 Å². The number of hydrogen-bond acceptors (Lipinski definition) is 3. The van der Waals surface area contributed by atoms with Crippen molar-refractivity contribution in [2.45, 2.75) is 12.5 Å². The van der Waals surface area contributed by atoms with Crippen LogP contribution in [0.4, 0.5) is 0 Å². The predicted octanol–water partition coefficient (Wildman–Crippen LogP) is 2.53. The fourth-order valence-electron chi connectivity index (χ4n) is 2.14. The lowest BCUT2D eigenvalue weighted by molar-refractivity contribution is -0.139. The highest BCUT2D eigenvalue weighted by atomic mass is 79.9. The van der Waals surface area contributed by atoms with Crippen molar-refractivity contribution in [1.29, 1.82) is 0 Å². The number of halogens is 2. The summed E-state index contributed by atoms with van der Waals surface area (Å²) < 4.78 is 6.85. The van der Waals surface area contributed by atoms with Crippen LogP contribution in [0.3, 0.4) is 0 Å². The van der Waals surface area contributed by atoms with Crippen molar-refractivity contribution in [3.63, 3.8) is 0 Å². The summed E-state index contributed by atoms with van der Waals surface area (Å²) in [6, 6.07) is 4.86. The zero-order valence-corrected chi connectivity index (χ0v) is 13.7. The number of aliphatic carboxylic acids is 1. The van der Waals surface area contributed by atoms with Gasteiger partial charge in [-0.05, 0) is 18.2 Å². The van der Waals surface area contributed by atoms with Crippen molar-refractivity contribution in [2.24, 2.45) is 0 Å². The fraction of sp³-hybridized carbons (Fsp3) is 0.385. The van der Waals surface area contributed by atoms with E-state index in [1.165, 1.54) is 0 Å². The van der Waals surface area contributed by atoms with Crippen molar-refractivity contribution in [3.05, 3.63) is 32.7 Å². The number of hydrogen-bond donors (Lipinski definition) is 1. The number of amides is 1. The number of nitrogens with zero attached hydrogens (tertiary/aromatic N) is 1. The number of rotatable bonds is 3. The fourth-order valence-corrected chi connectivity index (χ4v) is 3.43. The average Bonchev–Trinajstić information content (AvgIpc) is 2.36. The lowest BCUT2D eigenvalue weighted by Gasteiger charge is -2.35. The van der Waals surface area contributed by atoms with Gasteiger partial charge in [0.2, 0.25) is 0 Å². The summed E-state index contributed by atoms with van der Waals surface area (Å²) in [7, 11) is 0.